The molecule has 4 aromatic rings. The van der Waals surface area contributed by atoms with Gasteiger partial charge in [-0.2, -0.15) is 15.3 Å². The van der Waals surface area contributed by atoms with Gasteiger partial charge in [0, 0.05) is 45.1 Å². The molecule has 0 aliphatic carbocycles. The van der Waals surface area contributed by atoms with Crippen LogP contribution < -0.4 is 5.73 Å². The van der Waals surface area contributed by atoms with E-state index in [1.54, 1.807) is 24.3 Å². The van der Waals surface area contributed by atoms with E-state index in [2.05, 4.69) is 20.5 Å². The lowest BCUT2D eigenvalue weighted by Gasteiger charge is -2.19. The van der Waals surface area contributed by atoms with Gasteiger partial charge in [0.15, 0.2) is 0 Å². The van der Waals surface area contributed by atoms with Crippen LogP contribution in [0.5, 0.6) is 11.5 Å². The van der Waals surface area contributed by atoms with E-state index in [1.165, 1.54) is 60.7 Å². The lowest BCUT2D eigenvalue weighted by molar-refractivity contribution is -0.173. The Kier molecular flexibility index (Phi) is 37.0. The number of esters is 2. The van der Waals surface area contributed by atoms with Crippen LogP contribution in [-0.2, 0) is 89.1 Å². The van der Waals surface area contributed by atoms with Crippen molar-refractivity contribution >= 4 is 76.2 Å². The van der Waals surface area contributed by atoms with E-state index in [9.17, 15) is 53.4 Å². The van der Waals surface area contributed by atoms with Gasteiger partial charge in [0.1, 0.15) is 34.1 Å². The number of hydrogen-bond acceptors (Lipinski definition) is 26. The van der Waals surface area contributed by atoms with Gasteiger partial charge in [0.05, 0.1) is 108 Å². The number of amides is 4. The van der Waals surface area contributed by atoms with Crippen LogP contribution in [0.3, 0.4) is 0 Å². The Bertz CT molecular complexity index is 3110. The Morgan fingerprint density at radius 2 is 0.832 bits per heavy atom. The summed E-state index contributed by atoms with van der Waals surface area (Å²) in [7, 11) is 0. The number of aromatic hydroxyl groups is 2. The number of nitrogens with zero attached hydrogens (tertiary/aromatic N) is 6. The van der Waals surface area contributed by atoms with Gasteiger partial charge >= 0.3 is 29.8 Å². The number of hydroxylamine groups is 4. The van der Waals surface area contributed by atoms with Crippen molar-refractivity contribution in [2.24, 2.45) is 26.2 Å². The number of aromatic carboxylic acids is 1. The Labute approximate surface area is 550 Å². The molecule has 2 aliphatic heterocycles. The molecule has 0 saturated carbocycles. The number of rotatable bonds is 35. The fourth-order valence-electron chi connectivity index (χ4n) is 7.63. The third-order valence-electron chi connectivity index (χ3n) is 12.2. The highest BCUT2D eigenvalue weighted by Gasteiger charge is 2.33. The van der Waals surface area contributed by atoms with Gasteiger partial charge in [-0.25, -0.2) is 9.59 Å². The second-order valence-electron chi connectivity index (χ2n) is 22.5. The molecular weight excluding hydrogens is 1250 g/mol. The highest BCUT2D eigenvalue weighted by atomic mass is 16.7. The third-order valence-corrected chi connectivity index (χ3v) is 12.2. The summed E-state index contributed by atoms with van der Waals surface area (Å²) in [6.45, 7) is 17.1. The highest BCUT2D eigenvalue weighted by molar-refractivity contribution is 6.03. The van der Waals surface area contributed by atoms with Crippen molar-refractivity contribution < 1.29 is 112 Å². The second kappa shape index (κ2) is 43.8. The minimum Gasteiger partial charge on any atom is -0.506 e. The molecule has 30 nitrogen and oxygen atoms in total. The number of carbonyl (C=O) groups excluding carboxylic acids is 7. The quantitative estimate of drug-likeness (QED) is 0.00822. The molecule has 30 heteroatoms. The number of nitrogens with two attached hydrogens (primary N) is 1. The van der Waals surface area contributed by atoms with Crippen LogP contribution in [0.15, 0.2) is 105 Å². The number of carboxylic acid groups (broad SMARTS) is 2. The number of phenolic OH excluding ortho intramolecular Hbond substituents is 2. The molecule has 2 fully saturated rings. The largest absolute Gasteiger partial charge is 0.506 e. The van der Waals surface area contributed by atoms with Crippen LogP contribution in [0.2, 0.25) is 0 Å². The Balaban J connectivity index is 0.000000355. The molecule has 0 unspecified atom stereocenters. The van der Waals surface area contributed by atoms with Gasteiger partial charge < -0.3 is 68.9 Å². The van der Waals surface area contributed by atoms with Crippen LogP contribution in [0.1, 0.15) is 131 Å². The van der Waals surface area contributed by atoms with Crippen LogP contribution >= 0.6 is 0 Å². The molecule has 0 spiro atoms. The molecule has 2 heterocycles. The van der Waals surface area contributed by atoms with E-state index in [0.29, 0.717) is 133 Å². The number of hydrogen-bond donors (Lipinski definition) is 6. The predicted molar refractivity (Wildman–Crippen MR) is 338 cm³/mol. The number of imide groups is 2. The number of carbonyl (C=O) groups is 9. The fourth-order valence-corrected chi connectivity index (χ4v) is 7.63. The zero-order chi connectivity index (χ0) is 70.2. The maximum atomic E-state index is 12.2. The molecule has 520 valence electrons. The summed E-state index contributed by atoms with van der Waals surface area (Å²) in [5.74, 6) is -5.40. The molecular formula is C65H87N7O23. The van der Waals surface area contributed by atoms with Crippen molar-refractivity contribution in [2.45, 2.75) is 123 Å². The summed E-state index contributed by atoms with van der Waals surface area (Å²) in [5.41, 5.74) is 7.79. The molecule has 95 heavy (non-hydrogen) atoms. The number of aryl methyl sites for hydroxylation is 2. The SMILES string of the molecule is CC(C)(C)OC(=O)CCCc1ccc(O)c(N=Nc2ccc(C(=O)O)cc2)c1.CC(C)(C)OC(=O)CCCc1ccc(O)c(N=Nc2ccc(C(=O)ON3C(=O)CCC3=O)cc2)c1.NCCOCCOCCOCCOCCOCCOCCC(=O)O.O=C1CCC(=O)N1O. The van der Waals surface area contributed by atoms with Crippen molar-refractivity contribution in [3.63, 3.8) is 0 Å². The summed E-state index contributed by atoms with van der Waals surface area (Å²) in [4.78, 5) is 105. The van der Waals surface area contributed by atoms with Crippen molar-refractivity contribution in [3.05, 3.63) is 107 Å². The number of ether oxygens (including phenoxy) is 8. The van der Waals surface area contributed by atoms with E-state index in [1.807, 2.05) is 41.5 Å². The smallest absolute Gasteiger partial charge is 0.363 e. The first-order valence-corrected chi connectivity index (χ1v) is 30.5. The van der Waals surface area contributed by atoms with E-state index in [-0.39, 0.29) is 90.4 Å². The molecule has 2 aliphatic rings. The summed E-state index contributed by atoms with van der Waals surface area (Å²) >= 11 is 0. The molecule has 7 N–H and O–H groups in total. The number of azo groups is 2. The lowest BCUT2D eigenvalue weighted by Crippen LogP contribution is -2.32. The minimum absolute atomic E-state index is 0.0101. The molecule has 0 aromatic heterocycles. The van der Waals surface area contributed by atoms with E-state index in [4.69, 9.17) is 63.9 Å². The van der Waals surface area contributed by atoms with Crippen LogP contribution in [0.25, 0.3) is 0 Å². The van der Waals surface area contributed by atoms with Gasteiger partial charge in [-0.1, -0.05) is 12.1 Å². The van der Waals surface area contributed by atoms with Gasteiger partial charge in [0.2, 0.25) is 0 Å². The minimum atomic E-state index is -1.01. The van der Waals surface area contributed by atoms with E-state index in [0.717, 1.165) is 11.1 Å². The standard InChI is InChI=1S/C25H27N3O7.C21H24N2O5.C15H31NO8.C4H5NO3/c1-25(2,3)34-23(32)6-4-5-16-7-12-20(29)19(15-16)27-26-18-10-8-17(9-11-18)24(33)35-28-21(30)13-14-22(28)31;1-21(2,3)28-19(25)6-4-5-14-7-12-18(24)17(13-14)23-22-16-10-8-15(9-11-16)20(26)27;16-2-4-20-6-8-22-10-12-24-14-13-23-11-9-21-7-5-19-3-1-15(17)18;6-3-1-2-4(7)5(3)8/h7-12,15,29H,4-6,13-14H2,1-3H3;7-13,24H,4-6H2,1-3H3,(H,26,27);1-14,16H2,(H,17,18);8H,1-2H2. The van der Waals surface area contributed by atoms with Gasteiger partial charge in [-0.05, 0) is 151 Å². The summed E-state index contributed by atoms with van der Waals surface area (Å²) in [5, 5.41) is 62.6. The number of aliphatic carboxylic acids is 1. The summed E-state index contributed by atoms with van der Waals surface area (Å²) in [6.07, 6.45) is 3.37. The fraction of sp³-hybridized carbons (Fsp3) is 0.492. The van der Waals surface area contributed by atoms with Gasteiger partial charge in [-0.3, -0.25) is 38.8 Å². The van der Waals surface area contributed by atoms with Crippen molar-refractivity contribution in [2.75, 3.05) is 85.8 Å². The molecule has 6 rings (SSSR count). The normalized spacial score (nSPS) is 13.1. The molecule has 0 radical (unpaired) electrons. The number of carboxylic acids is 2. The van der Waals surface area contributed by atoms with Crippen LogP contribution in [0, 0.1) is 0 Å². The van der Waals surface area contributed by atoms with Crippen molar-refractivity contribution in [1.29, 1.82) is 0 Å². The first-order valence-electron chi connectivity index (χ1n) is 30.5. The molecule has 0 atom stereocenters. The maximum Gasteiger partial charge on any atom is 0.363 e. The van der Waals surface area contributed by atoms with Crippen LogP contribution in [0.4, 0.5) is 22.7 Å². The second-order valence-corrected chi connectivity index (χ2v) is 22.5. The lowest BCUT2D eigenvalue weighted by atomic mass is 10.1. The predicted octanol–water partition coefficient (Wildman–Crippen LogP) is 8.91. The van der Waals surface area contributed by atoms with E-state index >= 15 is 0 Å². The Morgan fingerprint density at radius 3 is 1.17 bits per heavy atom. The monoisotopic (exact) mass is 1330 g/mol. The first-order chi connectivity index (χ1) is 45.1. The topological polar surface area (TPSA) is 420 Å². The van der Waals surface area contributed by atoms with Gasteiger partial charge in [-0.15, -0.1) is 15.3 Å². The van der Waals surface area contributed by atoms with Gasteiger partial charge in [0.25, 0.3) is 23.6 Å². The zero-order valence-corrected chi connectivity index (χ0v) is 54.4. The highest BCUT2D eigenvalue weighted by Crippen LogP contribution is 2.32. The first kappa shape index (κ1) is 80.2. The summed E-state index contributed by atoms with van der Waals surface area (Å²) < 4.78 is 42.0. The van der Waals surface area contributed by atoms with Crippen LogP contribution in [-0.4, -0.2) is 186 Å². The van der Waals surface area contributed by atoms with Crippen molar-refractivity contribution in [3.8, 4) is 11.5 Å². The molecule has 4 aromatic carbocycles. The third kappa shape index (κ3) is 35.7. The summed E-state index contributed by atoms with van der Waals surface area (Å²) in [6, 6.07) is 21.8. The number of phenols is 2. The molecule has 2 saturated heterocycles. The Hall–Kier alpha value is -9.01. The molecule has 0 bridgehead atoms. The Morgan fingerprint density at radius 1 is 0.474 bits per heavy atom. The average Bonchev–Trinajstić information content (AvgIpc) is 1.94. The maximum absolute atomic E-state index is 12.2. The van der Waals surface area contributed by atoms with E-state index < -0.39 is 52.7 Å². The molecule has 4 amide bonds. The number of benzene rings is 4. The zero-order valence-electron chi connectivity index (χ0n) is 54.4. The van der Waals surface area contributed by atoms with Crippen molar-refractivity contribution in [1.82, 2.24) is 10.1 Å². The average molecular weight is 1330 g/mol.